The number of benzene rings is 2. The third-order valence-corrected chi connectivity index (χ3v) is 5.76. The minimum atomic E-state index is -0.492. The fourth-order valence-corrected chi connectivity index (χ4v) is 4.32. The molecule has 0 fully saturated rings. The molecule has 0 bridgehead atoms. The lowest BCUT2D eigenvalue weighted by Crippen LogP contribution is -2.30. The second kappa shape index (κ2) is 7.18. The molecule has 0 amide bonds. The van der Waals surface area contributed by atoms with E-state index in [1.54, 1.807) is 0 Å². The predicted octanol–water partition coefficient (Wildman–Crippen LogP) is 4.86. The van der Waals surface area contributed by atoms with Crippen LogP contribution in [0, 0.1) is 18.3 Å². The normalized spacial score (nSPS) is 21.8. The van der Waals surface area contributed by atoms with Crippen LogP contribution in [0.4, 0.5) is 0 Å². The van der Waals surface area contributed by atoms with Crippen LogP contribution in [0.25, 0.3) is 0 Å². The summed E-state index contributed by atoms with van der Waals surface area (Å²) in [4.78, 5) is 13.2. The molecule has 1 aliphatic heterocycles. The number of ketones is 1. The molecular formula is C23H19ClN2O2. The lowest BCUT2D eigenvalue weighted by Gasteiger charge is -2.34. The van der Waals surface area contributed by atoms with E-state index in [9.17, 15) is 10.1 Å². The second-order valence-electron chi connectivity index (χ2n) is 7.22. The molecule has 2 aliphatic rings. The highest BCUT2D eigenvalue weighted by Gasteiger charge is 2.41. The van der Waals surface area contributed by atoms with E-state index in [0.29, 0.717) is 29.2 Å². The topological polar surface area (TPSA) is 76.1 Å². The highest BCUT2D eigenvalue weighted by Crippen LogP contribution is 2.47. The van der Waals surface area contributed by atoms with Crippen LogP contribution in [-0.2, 0) is 9.53 Å². The average molecular weight is 391 g/mol. The smallest absolute Gasteiger partial charge is 0.205 e. The van der Waals surface area contributed by atoms with Gasteiger partial charge in [-0.15, -0.1) is 0 Å². The van der Waals surface area contributed by atoms with Crippen molar-refractivity contribution in [2.75, 3.05) is 0 Å². The zero-order valence-corrected chi connectivity index (χ0v) is 16.2. The van der Waals surface area contributed by atoms with Crippen molar-refractivity contribution in [3.63, 3.8) is 0 Å². The van der Waals surface area contributed by atoms with Gasteiger partial charge in [0.2, 0.25) is 5.88 Å². The molecule has 1 heterocycles. The van der Waals surface area contributed by atoms with E-state index in [1.807, 2.05) is 55.5 Å². The van der Waals surface area contributed by atoms with Gasteiger partial charge in [0.05, 0.1) is 5.92 Å². The number of aryl methyl sites for hydroxylation is 1. The first kappa shape index (κ1) is 18.3. The third-order valence-electron chi connectivity index (χ3n) is 5.42. The molecule has 4 rings (SSSR count). The monoisotopic (exact) mass is 390 g/mol. The van der Waals surface area contributed by atoms with Crippen molar-refractivity contribution in [2.24, 2.45) is 5.73 Å². The van der Waals surface area contributed by atoms with E-state index in [2.05, 4.69) is 6.07 Å². The molecule has 2 aromatic carbocycles. The summed E-state index contributed by atoms with van der Waals surface area (Å²) in [6, 6.07) is 17.5. The van der Waals surface area contributed by atoms with Crippen LogP contribution < -0.4 is 5.73 Å². The van der Waals surface area contributed by atoms with Gasteiger partial charge in [0, 0.05) is 23.4 Å². The molecular weight excluding hydrogens is 372 g/mol. The Morgan fingerprint density at radius 3 is 2.54 bits per heavy atom. The average Bonchev–Trinajstić information content (AvgIpc) is 2.68. The van der Waals surface area contributed by atoms with E-state index < -0.39 is 5.92 Å². The van der Waals surface area contributed by atoms with Crippen LogP contribution in [0.5, 0.6) is 0 Å². The Kier molecular flexibility index (Phi) is 4.70. The largest absolute Gasteiger partial charge is 0.444 e. The molecule has 0 aromatic heterocycles. The molecule has 2 atom stereocenters. The first-order chi connectivity index (χ1) is 13.5. The number of carbonyl (C=O) groups is 1. The number of nitrogens with zero attached hydrogens (tertiary/aromatic N) is 1. The molecule has 0 radical (unpaired) electrons. The minimum absolute atomic E-state index is 0.0306. The van der Waals surface area contributed by atoms with Crippen molar-refractivity contribution >= 4 is 17.4 Å². The van der Waals surface area contributed by atoms with E-state index >= 15 is 0 Å². The van der Waals surface area contributed by atoms with E-state index in [4.69, 9.17) is 22.1 Å². The molecule has 0 saturated carbocycles. The number of Topliss-reactive ketones (excluding diaryl/α,β-unsaturated/α-hetero) is 1. The van der Waals surface area contributed by atoms with Gasteiger partial charge < -0.3 is 10.5 Å². The number of nitrogens with two attached hydrogens (primary N) is 1. The lowest BCUT2D eigenvalue weighted by atomic mass is 9.73. The van der Waals surface area contributed by atoms with Gasteiger partial charge in [-0.1, -0.05) is 59.6 Å². The van der Waals surface area contributed by atoms with Crippen LogP contribution in [0.3, 0.4) is 0 Å². The SMILES string of the molecule is Cc1ccc([C@@H]2C(C#N)=C(N)OC3=C2C(=O)C[C@H](c2ccccc2Cl)C3)cc1. The summed E-state index contributed by atoms with van der Waals surface area (Å²) in [6.45, 7) is 1.99. The number of allylic oxidation sites excluding steroid dienone is 3. The Labute approximate surface area is 168 Å². The zero-order chi connectivity index (χ0) is 19.8. The first-order valence-corrected chi connectivity index (χ1v) is 9.52. The maximum absolute atomic E-state index is 13.2. The standard InChI is InChI=1S/C23H19ClN2O2/c1-13-6-8-14(9-7-13)21-17(12-25)23(26)28-20-11-15(10-19(27)22(20)21)16-4-2-3-5-18(16)24/h2-9,15,21H,10-11,26H2,1H3/t15-,21+/m0/s1. The molecule has 5 heteroatoms. The molecule has 28 heavy (non-hydrogen) atoms. The molecule has 0 saturated heterocycles. The summed E-state index contributed by atoms with van der Waals surface area (Å²) in [6.07, 6.45) is 0.847. The van der Waals surface area contributed by atoms with Crippen LogP contribution in [0.1, 0.15) is 41.4 Å². The Morgan fingerprint density at radius 2 is 1.86 bits per heavy atom. The summed E-state index contributed by atoms with van der Waals surface area (Å²) in [5.74, 6) is 0.0174. The summed E-state index contributed by atoms with van der Waals surface area (Å²) in [5.41, 5.74) is 9.80. The summed E-state index contributed by atoms with van der Waals surface area (Å²) in [7, 11) is 0. The lowest BCUT2D eigenvalue weighted by molar-refractivity contribution is -0.117. The molecule has 0 spiro atoms. The summed E-state index contributed by atoms with van der Waals surface area (Å²) >= 11 is 6.35. The maximum Gasteiger partial charge on any atom is 0.205 e. The Hall–Kier alpha value is -3.03. The first-order valence-electron chi connectivity index (χ1n) is 9.14. The van der Waals surface area contributed by atoms with E-state index in [-0.39, 0.29) is 23.2 Å². The van der Waals surface area contributed by atoms with Crippen molar-refractivity contribution in [1.29, 1.82) is 5.26 Å². The fourth-order valence-electron chi connectivity index (χ4n) is 4.03. The van der Waals surface area contributed by atoms with Gasteiger partial charge in [0.15, 0.2) is 5.78 Å². The van der Waals surface area contributed by atoms with Crippen molar-refractivity contribution in [3.05, 3.63) is 93.0 Å². The highest BCUT2D eigenvalue weighted by atomic mass is 35.5. The van der Waals surface area contributed by atoms with E-state index in [0.717, 1.165) is 16.7 Å². The number of carbonyl (C=O) groups excluding carboxylic acids is 1. The fraction of sp³-hybridized carbons (Fsp3) is 0.217. The van der Waals surface area contributed by atoms with Crippen LogP contribution in [0.15, 0.2) is 71.3 Å². The van der Waals surface area contributed by atoms with Crippen molar-refractivity contribution in [2.45, 2.75) is 31.6 Å². The van der Waals surface area contributed by atoms with Gasteiger partial charge >= 0.3 is 0 Å². The molecule has 2 aromatic rings. The molecule has 4 nitrogen and oxygen atoms in total. The van der Waals surface area contributed by atoms with Gasteiger partial charge in [-0.25, -0.2) is 0 Å². The number of halogens is 1. The highest BCUT2D eigenvalue weighted by molar-refractivity contribution is 6.31. The Bertz CT molecular complexity index is 1060. The third kappa shape index (κ3) is 3.08. The number of ether oxygens (including phenoxy) is 1. The van der Waals surface area contributed by atoms with Gasteiger partial charge in [0.25, 0.3) is 0 Å². The van der Waals surface area contributed by atoms with Gasteiger partial charge in [-0.05, 0) is 30.0 Å². The predicted molar refractivity (Wildman–Crippen MR) is 107 cm³/mol. The Morgan fingerprint density at radius 1 is 1.14 bits per heavy atom. The number of hydrogen-bond acceptors (Lipinski definition) is 4. The number of nitriles is 1. The van der Waals surface area contributed by atoms with Crippen molar-refractivity contribution in [1.82, 2.24) is 0 Å². The molecule has 2 N–H and O–H groups in total. The van der Waals surface area contributed by atoms with Crippen LogP contribution >= 0.6 is 11.6 Å². The Balaban J connectivity index is 1.80. The minimum Gasteiger partial charge on any atom is -0.444 e. The quantitative estimate of drug-likeness (QED) is 0.794. The second-order valence-corrected chi connectivity index (χ2v) is 7.63. The van der Waals surface area contributed by atoms with E-state index in [1.165, 1.54) is 0 Å². The van der Waals surface area contributed by atoms with Gasteiger partial charge in [-0.2, -0.15) is 5.26 Å². The van der Waals surface area contributed by atoms with Crippen molar-refractivity contribution < 1.29 is 9.53 Å². The number of hydrogen-bond donors (Lipinski definition) is 1. The molecule has 0 unspecified atom stereocenters. The van der Waals surface area contributed by atoms with Crippen LogP contribution in [-0.4, -0.2) is 5.78 Å². The van der Waals surface area contributed by atoms with Gasteiger partial charge in [0.1, 0.15) is 17.4 Å². The molecule has 1 aliphatic carbocycles. The summed E-state index contributed by atoms with van der Waals surface area (Å²) < 4.78 is 5.78. The summed E-state index contributed by atoms with van der Waals surface area (Å²) in [5, 5.41) is 10.3. The van der Waals surface area contributed by atoms with Gasteiger partial charge in [-0.3, -0.25) is 4.79 Å². The maximum atomic E-state index is 13.2. The molecule has 140 valence electrons. The van der Waals surface area contributed by atoms with Crippen molar-refractivity contribution in [3.8, 4) is 6.07 Å². The zero-order valence-electron chi connectivity index (χ0n) is 15.4. The number of rotatable bonds is 2. The van der Waals surface area contributed by atoms with Crippen LogP contribution in [0.2, 0.25) is 5.02 Å².